The van der Waals surface area contributed by atoms with Crippen molar-refractivity contribution in [2.45, 2.75) is 37.5 Å². The van der Waals surface area contributed by atoms with Crippen LogP contribution >= 0.6 is 0 Å². The molecule has 1 aliphatic carbocycles. The van der Waals surface area contributed by atoms with Gasteiger partial charge in [-0.05, 0) is 25.0 Å². The van der Waals surface area contributed by atoms with Crippen LogP contribution in [0.2, 0.25) is 0 Å². The zero-order valence-electron chi connectivity index (χ0n) is 11.7. The Hall–Kier alpha value is -1.46. The molecule has 3 unspecified atom stereocenters. The number of rotatable bonds is 3. The summed E-state index contributed by atoms with van der Waals surface area (Å²) in [4.78, 5) is 18.7. The Balaban J connectivity index is 1.73. The first kappa shape index (κ1) is 13.5. The van der Waals surface area contributed by atoms with E-state index in [4.69, 9.17) is 9.47 Å². The van der Waals surface area contributed by atoms with E-state index in [0.717, 1.165) is 18.5 Å². The van der Waals surface area contributed by atoms with Crippen LogP contribution in [0.25, 0.3) is 0 Å². The van der Waals surface area contributed by atoms with Crippen molar-refractivity contribution in [3.63, 3.8) is 0 Å². The molecule has 0 aromatic carbocycles. The third-order valence-electron chi connectivity index (χ3n) is 4.21. The molecule has 1 amide bonds. The summed E-state index contributed by atoms with van der Waals surface area (Å²) in [5.41, 5.74) is 0.811. The number of aromatic nitrogens is 1. The molecule has 0 N–H and O–H groups in total. The third-order valence-corrected chi connectivity index (χ3v) is 4.21. The molecule has 5 nitrogen and oxygen atoms in total. The molecule has 2 aliphatic rings. The number of hydrogen-bond donors (Lipinski definition) is 0. The van der Waals surface area contributed by atoms with Gasteiger partial charge in [0.25, 0.3) is 0 Å². The molecule has 20 heavy (non-hydrogen) atoms. The van der Waals surface area contributed by atoms with Crippen molar-refractivity contribution in [3.8, 4) is 0 Å². The van der Waals surface area contributed by atoms with Crippen LogP contribution in [-0.4, -0.2) is 54.3 Å². The molecule has 1 saturated carbocycles. The first-order chi connectivity index (χ1) is 9.79. The van der Waals surface area contributed by atoms with Gasteiger partial charge in [-0.15, -0.1) is 0 Å². The van der Waals surface area contributed by atoms with Crippen molar-refractivity contribution in [1.82, 2.24) is 9.88 Å². The second kappa shape index (κ2) is 5.89. The molecule has 2 heterocycles. The number of nitrogens with zero attached hydrogens (tertiary/aromatic N) is 2. The molecule has 1 saturated heterocycles. The Morgan fingerprint density at radius 2 is 2.40 bits per heavy atom. The highest BCUT2D eigenvalue weighted by molar-refractivity contribution is 5.78. The van der Waals surface area contributed by atoms with E-state index in [1.54, 1.807) is 13.3 Å². The molecule has 3 atom stereocenters. The van der Waals surface area contributed by atoms with E-state index in [1.165, 1.54) is 0 Å². The van der Waals surface area contributed by atoms with Crippen molar-refractivity contribution >= 4 is 5.91 Å². The summed E-state index contributed by atoms with van der Waals surface area (Å²) >= 11 is 0. The first-order valence-corrected chi connectivity index (χ1v) is 7.13. The Bertz CT molecular complexity index is 465. The standard InChI is InChI=1S/C15H20N2O3/c1-19-15-12-5-6-13(15)20-9-8-17(12)14(18)10-11-4-2-3-7-16-11/h2-4,7,12-13,15H,5-6,8-10H2,1H3. The average Bonchev–Trinajstić information content (AvgIpc) is 2.75. The van der Waals surface area contributed by atoms with E-state index in [9.17, 15) is 4.79 Å². The highest BCUT2D eigenvalue weighted by atomic mass is 16.5. The number of amides is 1. The fourth-order valence-electron chi connectivity index (χ4n) is 3.27. The molecule has 3 rings (SSSR count). The highest BCUT2D eigenvalue weighted by Crippen LogP contribution is 2.31. The van der Waals surface area contributed by atoms with E-state index in [0.29, 0.717) is 19.6 Å². The van der Waals surface area contributed by atoms with Crippen LogP contribution in [0.15, 0.2) is 24.4 Å². The lowest BCUT2D eigenvalue weighted by Crippen LogP contribution is -2.46. The van der Waals surface area contributed by atoms with E-state index in [-0.39, 0.29) is 24.2 Å². The lowest BCUT2D eigenvalue weighted by atomic mass is 10.1. The van der Waals surface area contributed by atoms with Gasteiger partial charge in [0, 0.05) is 25.5 Å². The number of ether oxygens (including phenoxy) is 2. The maximum absolute atomic E-state index is 12.5. The van der Waals surface area contributed by atoms with E-state index >= 15 is 0 Å². The fraction of sp³-hybridized carbons (Fsp3) is 0.600. The molecule has 2 bridgehead atoms. The molecule has 1 aliphatic heterocycles. The lowest BCUT2D eigenvalue weighted by Gasteiger charge is -2.30. The van der Waals surface area contributed by atoms with Crippen LogP contribution in [0.4, 0.5) is 0 Å². The smallest absolute Gasteiger partial charge is 0.229 e. The average molecular weight is 276 g/mol. The van der Waals surface area contributed by atoms with E-state index < -0.39 is 0 Å². The highest BCUT2D eigenvalue weighted by Gasteiger charge is 2.43. The first-order valence-electron chi connectivity index (χ1n) is 7.13. The van der Waals surface area contributed by atoms with Crippen LogP contribution in [0.5, 0.6) is 0 Å². The maximum atomic E-state index is 12.5. The van der Waals surface area contributed by atoms with Crippen LogP contribution in [0.3, 0.4) is 0 Å². The summed E-state index contributed by atoms with van der Waals surface area (Å²) in [5, 5.41) is 0. The zero-order chi connectivity index (χ0) is 13.9. The van der Waals surface area contributed by atoms with Gasteiger partial charge in [0.05, 0.1) is 25.2 Å². The summed E-state index contributed by atoms with van der Waals surface area (Å²) in [5.74, 6) is 0.113. The van der Waals surface area contributed by atoms with Gasteiger partial charge in [-0.1, -0.05) is 6.07 Å². The Morgan fingerprint density at radius 3 is 3.15 bits per heavy atom. The largest absolute Gasteiger partial charge is 0.377 e. The topological polar surface area (TPSA) is 51.7 Å². The molecular formula is C15H20N2O3. The minimum atomic E-state index is 0.00480. The van der Waals surface area contributed by atoms with Crippen molar-refractivity contribution in [2.75, 3.05) is 20.3 Å². The van der Waals surface area contributed by atoms with Crippen molar-refractivity contribution in [3.05, 3.63) is 30.1 Å². The predicted molar refractivity (Wildman–Crippen MR) is 73.2 cm³/mol. The summed E-state index contributed by atoms with van der Waals surface area (Å²) in [7, 11) is 1.70. The van der Waals surface area contributed by atoms with Crippen molar-refractivity contribution < 1.29 is 14.3 Å². The SMILES string of the molecule is COC1C2CCC1N(C(=O)Cc1ccccn1)CCO2. The molecule has 2 fully saturated rings. The summed E-state index contributed by atoms with van der Waals surface area (Å²) < 4.78 is 11.3. The number of hydrogen-bond acceptors (Lipinski definition) is 4. The van der Waals surface area contributed by atoms with Crippen LogP contribution < -0.4 is 0 Å². The zero-order valence-corrected chi connectivity index (χ0v) is 11.7. The number of fused-ring (bicyclic) bond motifs is 2. The van der Waals surface area contributed by atoms with E-state index in [2.05, 4.69) is 4.98 Å². The molecule has 1 aromatic rings. The summed E-state index contributed by atoms with van der Waals surface area (Å²) in [6.07, 6.45) is 4.13. The van der Waals surface area contributed by atoms with Crippen LogP contribution in [0.1, 0.15) is 18.5 Å². The van der Waals surface area contributed by atoms with Gasteiger partial charge in [-0.3, -0.25) is 9.78 Å². The van der Waals surface area contributed by atoms with Crippen molar-refractivity contribution in [2.24, 2.45) is 0 Å². The molecule has 0 radical (unpaired) electrons. The van der Waals surface area contributed by atoms with Gasteiger partial charge >= 0.3 is 0 Å². The summed E-state index contributed by atoms with van der Waals surface area (Å²) in [6.45, 7) is 1.24. The maximum Gasteiger partial charge on any atom is 0.229 e. The van der Waals surface area contributed by atoms with Crippen molar-refractivity contribution in [1.29, 1.82) is 0 Å². The number of carbonyl (C=O) groups is 1. The predicted octanol–water partition coefficient (Wildman–Crippen LogP) is 1.03. The fourth-order valence-corrected chi connectivity index (χ4v) is 3.27. The van der Waals surface area contributed by atoms with Gasteiger partial charge < -0.3 is 14.4 Å². The molecular weight excluding hydrogens is 256 g/mol. The molecule has 5 heteroatoms. The van der Waals surface area contributed by atoms with Crippen LogP contribution in [-0.2, 0) is 20.7 Å². The van der Waals surface area contributed by atoms with Gasteiger partial charge in [0.1, 0.15) is 6.10 Å². The van der Waals surface area contributed by atoms with Gasteiger partial charge in [-0.2, -0.15) is 0 Å². The van der Waals surface area contributed by atoms with Gasteiger partial charge in [0.2, 0.25) is 5.91 Å². The van der Waals surface area contributed by atoms with E-state index in [1.807, 2.05) is 23.1 Å². The molecule has 1 aromatic heterocycles. The van der Waals surface area contributed by atoms with Gasteiger partial charge in [-0.25, -0.2) is 0 Å². The lowest BCUT2D eigenvalue weighted by molar-refractivity contribution is -0.134. The monoisotopic (exact) mass is 276 g/mol. The normalized spacial score (nSPS) is 29.2. The number of pyridine rings is 1. The minimum absolute atomic E-state index is 0.00480. The number of carbonyl (C=O) groups excluding carboxylic acids is 1. The Labute approximate surface area is 118 Å². The summed E-state index contributed by atoms with van der Waals surface area (Å²) in [6, 6.07) is 5.79. The quantitative estimate of drug-likeness (QED) is 0.827. The minimum Gasteiger partial charge on any atom is -0.377 e. The van der Waals surface area contributed by atoms with Crippen LogP contribution in [0, 0.1) is 0 Å². The second-order valence-electron chi connectivity index (χ2n) is 5.34. The molecule has 108 valence electrons. The number of methoxy groups -OCH3 is 1. The Kier molecular flexibility index (Phi) is 3.98. The molecule has 0 spiro atoms. The Morgan fingerprint density at radius 1 is 1.50 bits per heavy atom. The third kappa shape index (κ3) is 2.55. The second-order valence-corrected chi connectivity index (χ2v) is 5.34. The van der Waals surface area contributed by atoms with Gasteiger partial charge in [0.15, 0.2) is 0 Å².